The number of allylic oxidation sites excluding steroid dienone is 1. The molecule has 6 heteroatoms. The van der Waals surface area contributed by atoms with Crippen LogP contribution in [-0.2, 0) is 4.79 Å². The lowest BCUT2D eigenvalue weighted by atomic mass is 9.98. The SMILES string of the molecule is CCCCCCCCCCCCCCCCCCC=CCC(O)C(=O)NC(CO)C(O)C(O)CCCCCCCCCCCC(C)CC. The summed E-state index contributed by atoms with van der Waals surface area (Å²) in [5, 5.41) is 43.5. The third-order valence-electron chi connectivity index (χ3n) is 10.3. The molecule has 0 aromatic heterocycles. The van der Waals surface area contributed by atoms with E-state index in [0.717, 1.165) is 38.0 Å². The molecule has 0 radical (unpaired) electrons. The summed E-state index contributed by atoms with van der Waals surface area (Å²) in [5.41, 5.74) is 0. The lowest BCUT2D eigenvalue weighted by Crippen LogP contribution is -2.53. The maximum atomic E-state index is 12.5. The molecule has 0 rings (SSSR count). The highest BCUT2D eigenvalue weighted by molar-refractivity contribution is 5.81. The van der Waals surface area contributed by atoms with Gasteiger partial charge in [-0.05, 0) is 25.2 Å². The summed E-state index contributed by atoms with van der Waals surface area (Å²) in [5.74, 6) is 0.220. The summed E-state index contributed by atoms with van der Waals surface area (Å²) in [6.45, 7) is 6.38. The van der Waals surface area contributed by atoms with Gasteiger partial charge in [0.1, 0.15) is 12.2 Å². The summed E-state index contributed by atoms with van der Waals surface area (Å²) < 4.78 is 0. The van der Waals surface area contributed by atoms with Gasteiger partial charge in [-0.2, -0.15) is 0 Å². The fraction of sp³-hybridized carbons (Fsp3) is 0.929. The molecule has 0 saturated heterocycles. The minimum atomic E-state index is -1.27. The molecule has 0 aromatic carbocycles. The number of rotatable bonds is 37. The molecule has 0 heterocycles. The zero-order valence-electron chi connectivity index (χ0n) is 32.2. The fourth-order valence-electron chi connectivity index (χ4n) is 6.50. The average Bonchev–Trinajstić information content (AvgIpc) is 3.09. The van der Waals surface area contributed by atoms with Gasteiger partial charge in [0.25, 0.3) is 0 Å². The van der Waals surface area contributed by atoms with E-state index in [-0.39, 0.29) is 6.42 Å². The largest absolute Gasteiger partial charge is 0.394 e. The van der Waals surface area contributed by atoms with E-state index in [1.807, 2.05) is 12.2 Å². The molecule has 0 spiro atoms. The van der Waals surface area contributed by atoms with Gasteiger partial charge in [-0.3, -0.25) is 4.79 Å². The van der Waals surface area contributed by atoms with Crippen LogP contribution in [0.4, 0.5) is 0 Å². The van der Waals surface area contributed by atoms with Gasteiger partial charge < -0.3 is 25.7 Å². The summed E-state index contributed by atoms with van der Waals surface area (Å²) >= 11 is 0. The van der Waals surface area contributed by atoms with E-state index in [4.69, 9.17) is 0 Å². The second-order valence-electron chi connectivity index (χ2n) is 14.9. The van der Waals surface area contributed by atoms with Gasteiger partial charge in [-0.1, -0.05) is 200 Å². The summed E-state index contributed by atoms with van der Waals surface area (Å²) in [6, 6.07) is -1.00. The van der Waals surface area contributed by atoms with Crippen LogP contribution in [-0.4, -0.2) is 57.3 Å². The maximum absolute atomic E-state index is 12.5. The Kier molecular flexibility index (Phi) is 35.2. The van der Waals surface area contributed by atoms with E-state index in [1.165, 1.54) is 148 Å². The van der Waals surface area contributed by atoms with Crippen molar-refractivity contribution in [1.82, 2.24) is 5.32 Å². The molecule has 5 unspecified atom stereocenters. The molecule has 1 amide bonds. The highest BCUT2D eigenvalue weighted by Gasteiger charge is 2.28. The quantitative estimate of drug-likeness (QED) is 0.0331. The average molecular weight is 682 g/mol. The Morgan fingerprint density at radius 3 is 1.44 bits per heavy atom. The minimum absolute atomic E-state index is 0.194. The molecule has 0 aliphatic carbocycles. The zero-order chi connectivity index (χ0) is 35.5. The molecule has 0 aliphatic rings. The van der Waals surface area contributed by atoms with E-state index < -0.39 is 36.9 Å². The zero-order valence-corrected chi connectivity index (χ0v) is 32.2. The molecule has 6 nitrogen and oxygen atoms in total. The van der Waals surface area contributed by atoms with Gasteiger partial charge in [0, 0.05) is 6.42 Å². The second kappa shape index (κ2) is 35.9. The number of aliphatic hydroxyl groups excluding tert-OH is 4. The smallest absolute Gasteiger partial charge is 0.249 e. The lowest BCUT2D eigenvalue weighted by molar-refractivity contribution is -0.132. The summed E-state index contributed by atoms with van der Waals surface area (Å²) in [4.78, 5) is 12.5. The van der Waals surface area contributed by atoms with Crippen LogP contribution >= 0.6 is 0 Å². The number of hydrogen-bond acceptors (Lipinski definition) is 5. The fourth-order valence-corrected chi connectivity index (χ4v) is 6.50. The van der Waals surface area contributed by atoms with Crippen LogP contribution in [0.5, 0.6) is 0 Å². The molecule has 48 heavy (non-hydrogen) atoms. The van der Waals surface area contributed by atoms with Crippen molar-refractivity contribution in [2.75, 3.05) is 6.61 Å². The molecule has 0 bridgehead atoms. The molecule has 5 N–H and O–H groups in total. The number of aliphatic hydroxyl groups is 4. The van der Waals surface area contributed by atoms with Gasteiger partial charge in [-0.15, -0.1) is 0 Å². The normalized spacial score (nSPS) is 15.1. The molecule has 0 aromatic rings. The van der Waals surface area contributed by atoms with Gasteiger partial charge in [0.2, 0.25) is 5.91 Å². The monoisotopic (exact) mass is 682 g/mol. The molecular formula is C42H83NO5. The highest BCUT2D eigenvalue weighted by Crippen LogP contribution is 2.17. The van der Waals surface area contributed by atoms with Crippen LogP contribution in [0.3, 0.4) is 0 Å². The Hall–Kier alpha value is -0.950. The predicted octanol–water partition coefficient (Wildman–Crippen LogP) is 10.5. The molecule has 5 atom stereocenters. The topological polar surface area (TPSA) is 110 Å². The first kappa shape index (κ1) is 47.0. The van der Waals surface area contributed by atoms with Crippen molar-refractivity contribution < 1.29 is 25.2 Å². The molecule has 0 fully saturated rings. The van der Waals surface area contributed by atoms with E-state index in [1.54, 1.807) is 0 Å². The van der Waals surface area contributed by atoms with Crippen LogP contribution < -0.4 is 5.32 Å². The highest BCUT2D eigenvalue weighted by atomic mass is 16.3. The Labute approximate surface area is 298 Å². The van der Waals surface area contributed by atoms with Crippen molar-refractivity contribution in [2.45, 2.75) is 238 Å². The van der Waals surface area contributed by atoms with Crippen molar-refractivity contribution in [3.63, 3.8) is 0 Å². The third kappa shape index (κ3) is 29.9. The minimum Gasteiger partial charge on any atom is -0.394 e. The number of nitrogens with one attached hydrogen (secondary N) is 1. The van der Waals surface area contributed by atoms with Gasteiger partial charge in [0.15, 0.2) is 0 Å². The molecule has 286 valence electrons. The Bertz CT molecular complexity index is 702. The van der Waals surface area contributed by atoms with Crippen molar-refractivity contribution in [2.24, 2.45) is 5.92 Å². The van der Waals surface area contributed by atoms with E-state index in [0.29, 0.717) is 6.42 Å². The van der Waals surface area contributed by atoms with Crippen molar-refractivity contribution in [1.29, 1.82) is 0 Å². The molecule has 0 saturated carbocycles. The van der Waals surface area contributed by atoms with Gasteiger partial charge >= 0.3 is 0 Å². The summed E-state index contributed by atoms with van der Waals surface area (Å²) in [7, 11) is 0. The molecular weight excluding hydrogens is 598 g/mol. The number of amides is 1. The standard InChI is InChI=1S/C42H83NO5/c1-4-6-7-8-9-10-11-12-13-14-15-16-17-18-19-22-26-29-32-35-40(46)42(48)43-38(36-44)41(47)39(45)34-31-28-25-23-20-21-24-27-30-33-37(3)5-2/h29,32,37-41,44-47H,4-28,30-31,33-36H2,1-3H3,(H,43,48). The summed E-state index contributed by atoms with van der Waals surface area (Å²) in [6.07, 6.45) is 36.8. The number of unbranched alkanes of at least 4 members (excludes halogenated alkanes) is 24. The van der Waals surface area contributed by atoms with Crippen LogP contribution in [0.15, 0.2) is 12.2 Å². The van der Waals surface area contributed by atoms with Crippen LogP contribution in [0.1, 0.15) is 213 Å². The maximum Gasteiger partial charge on any atom is 0.249 e. The van der Waals surface area contributed by atoms with Crippen molar-refractivity contribution >= 4 is 5.91 Å². The first-order chi connectivity index (χ1) is 23.4. The van der Waals surface area contributed by atoms with Crippen LogP contribution in [0, 0.1) is 5.92 Å². The first-order valence-electron chi connectivity index (χ1n) is 21.0. The third-order valence-corrected chi connectivity index (χ3v) is 10.3. The van der Waals surface area contributed by atoms with Gasteiger partial charge in [-0.25, -0.2) is 0 Å². The van der Waals surface area contributed by atoms with Crippen LogP contribution in [0.2, 0.25) is 0 Å². The van der Waals surface area contributed by atoms with E-state index >= 15 is 0 Å². The van der Waals surface area contributed by atoms with E-state index in [9.17, 15) is 25.2 Å². The van der Waals surface area contributed by atoms with Gasteiger partial charge in [0.05, 0.1) is 18.8 Å². The molecule has 0 aliphatic heterocycles. The van der Waals surface area contributed by atoms with Crippen molar-refractivity contribution in [3.05, 3.63) is 12.2 Å². The lowest BCUT2D eigenvalue weighted by Gasteiger charge is -2.27. The number of carbonyl (C=O) groups excluding carboxylic acids is 1. The number of carbonyl (C=O) groups is 1. The Morgan fingerprint density at radius 2 is 1.00 bits per heavy atom. The van der Waals surface area contributed by atoms with E-state index in [2.05, 4.69) is 26.1 Å². The Morgan fingerprint density at radius 1 is 0.583 bits per heavy atom. The first-order valence-corrected chi connectivity index (χ1v) is 21.0. The van der Waals surface area contributed by atoms with Crippen molar-refractivity contribution in [3.8, 4) is 0 Å². The number of hydrogen-bond donors (Lipinski definition) is 5. The predicted molar refractivity (Wildman–Crippen MR) is 205 cm³/mol. The Balaban J connectivity index is 3.79. The van der Waals surface area contributed by atoms with Crippen LogP contribution in [0.25, 0.3) is 0 Å². The second-order valence-corrected chi connectivity index (χ2v) is 14.9.